The van der Waals surface area contributed by atoms with Crippen LogP contribution in [0.2, 0.25) is 0 Å². The fourth-order valence-electron chi connectivity index (χ4n) is 5.04. The minimum absolute atomic E-state index is 0.318. The van der Waals surface area contributed by atoms with Crippen LogP contribution in [0, 0.1) is 0 Å². The highest BCUT2D eigenvalue weighted by Crippen LogP contribution is 2.23. The summed E-state index contributed by atoms with van der Waals surface area (Å²) >= 11 is 0. The molecular formula is C29H37N7O2. The highest BCUT2D eigenvalue weighted by molar-refractivity contribution is 5.80. The van der Waals surface area contributed by atoms with Crippen molar-refractivity contribution in [3.63, 3.8) is 0 Å². The minimum atomic E-state index is 0.318. The minimum Gasteiger partial charge on any atom is -0.383 e. The molecule has 3 aromatic rings. The van der Waals surface area contributed by atoms with Crippen LogP contribution in [0.5, 0.6) is 0 Å². The maximum Gasteiger partial charge on any atom is 0.146 e. The number of Topliss-reactive ketones (excluding diaryl/α,β-unsaturated/α-hetero) is 1. The quantitative estimate of drug-likeness (QED) is 0.565. The molecule has 200 valence electrons. The molecular weight excluding hydrogens is 478 g/mol. The summed E-state index contributed by atoms with van der Waals surface area (Å²) in [6, 6.07) is 12.5. The lowest BCUT2D eigenvalue weighted by Gasteiger charge is -2.34. The number of hydrogen-bond donors (Lipinski definition) is 1. The number of carbonyl (C=O) groups excluding carboxylic acids is 1. The van der Waals surface area contributed by atoms with E-state index in [2.05, 4.69) is 59.2 Å². The van der Waals surface area contributed by atoms with Gasteiger partial charge in [0.25, 0.3) is 0 Å². The van der Waals surface area contributed by atoms with Gasteiger partial charge in [-0.1, -0.05) is 12.1 Å². The molecule has 0 radical (unpaired) electrons. The molecule has 5 aliphatic rings. The molecule has 8 rings (SSSR count). The van der Waals surface area contributed by atoms with Gasteiger partial charge >= 0.3 is 0 Å². The second-order valence-electron chi connectivity index (χ2n) is 10.1. The third kappa shape index (κ3) is 7.41. The van der Waals surface area contributed by atoms with Crippen molar-refractivity contribution >= 4 is 17.3 Å². The Morgan fingerprint density at radius 1 is 0.895 bits per heavy atom. The molecule has 0 unspecified atom stereocenters. The van der Waals surface area contributed by atoms with E-state index in [1.54, 1.807) is 7.11 Å². The van der Waals surface area contributed by atoms with Gasteiger partial charge in [-0.2, -0.15) is 0 Å². The van der Waals surface area contributed by atoms with Crippen LogP contribution in [-0.4, -0.2) is 95.0 Å². The van der Waals surface area contributed by atoms with Crippen LogP contribution in [0.25, 0.3) is 11.1 Å². The fraction of sp³-hybridized carbons (Fsp3) is 0.448. The van der Waals surface area contributed by atoms with Crippen LogP contribution in [0.3, 0.4) is 0 Å². The zero-order valence-corrected chi connectivity index (χ0v) is 22.2. The van der Waals surface area contributed by atoms with Crippen molar-refractivity contribution < 1.29 is 9.53 Å². The fourth-order valence-corrected chi connectivity index (χ4v) is 5.04. The molecule has 9 heteroatoms. The van der Waals surface area contributed by atoms with Gasteiger partial charge in [-0.25, -0.2) is 15.0 Å². The number of rotatable bonds is 3. The molecule has 0 saturated carbocycles. The van der Waals surface area contributed by atoms with Crippen molar-refractivity contribution in [3.8, 4) is 11.1 Å². The van der Waals surface area contributed by atoms with E-state index in [0.29, 0.717) is 31.9 Å². The van der Waals surface area contributed by atoms with E-state index in [-0.39, 0.29) is 0 Å². The van der Waals surface area contributed by atoms with E-state index in [9.17, 15) is 4.79 Å². The third-order valence-corrected chi connectivity index (χ3v) is 7.18. The first kappa shape index (κ1) is 26.4. The summed E-state index contributed by atoms with van der Waals surface area (Å²) in [6.07, 6.45) is 6.96. The average molecular weight is 516 g/mol. The smallest absolute Gasteiger partial charge is 0.146 e. The van der Waals surface area contributed by atoms with Crippen LogP contribution in [0.1, 0.15) is 24.2 Å². The van der Waals surface area contributed by atoms with E-state index in [1.165, 1.54) is 5.56 Å². The molecule has 38 heavy (non-hydrogen) atoms. The lowest BCUT2D eigenvalue weighted by Crippen LogP contribution is -2.47. The van der Waals surface area contributed by atoms with Gasteiger partial charge < -0.3 is 10.1 Å². The number of nitrogens with zero attached hydrogens (tertiary/aromatic N) is 6. The Morgan fingerprint density at radius 3 is 2.47 bits per heavy atom. The lowest BCUT2D eigenvalue weighted by atomic mass is 10.1. The number of methoxy groups -OCH3 is 1. The Kier molecular flexibility index (Phi) is 9.03. The molecule has 0 aliphatic carbocycles. The first-order valence-corrected chi connectivity index (χ1v) is 13.5. The number of piperazine rings is 1. The molecule has 0 atom stereocenters. The maximum absolute atomic E-state index is 12.7. The van der Waals surface area contributed by atoms with Gasteiger partial charge in [-0.3, -0.25) is 19.5 Å². The van der Waals surface area contributed by atoms with E-state index < -0.39 is 0 Å². The molecule has 8 bridgehead atoms. The Morgan fingerprint density at radius 2 is 1.68 bits per heavy atom. The summed E-state index contributed by atoms with van der Waals surface area (Å²) in [5, 5.41) is 3.46. The van der Waals surface area contributed by atoms with Gasteiger partial charge in [0.2, 0.25) is 0 Å². The topological polar surface area (TPSA) is 86.7 Å². The predicted octanol–water partition coefficient (Wildman–Crippen LogP) is 3.21. The zero-order chi connectivity index (χ0) is 26.2. The van der Waals surface area contributed by atoms with Crippen molar-refractivity contribution in [3.05, 3.63) is 66.4 Å². The number of aromatic nitrogens is 3. The Bertz CT molecular complexity index is 1200. The van der Waals surface area contributed by atoms with Crippen molar-refractivity contribution in [1.82, 2.24) is 29.7 Å². The molecule has 1 fully saturated rings. The van der Waals surface area contributed by atoms with Crippen LogP contribution in [-0.2, 0) is 22.6 Å². The normalized spacial score (nSPS) is 21.2. The summed E-state index contributed by atoms with van der Waals surface area (Å²) in [6.45, 7) is 8.07. The Labute approximate surface area is 224 Å². The number of ether oxygens (including phenoxy) is 1. The maximum atomic E-state index is 12.7. The van der Waals surface area contributed by atoms with Crippen molar-refractivity contribution in [2.24, 2.45) is 0 Å². The van der Waals surface area contributed by atoms with Gasteiger partial charge in [0.05, 0.1) is 19.7 Å². The summed E-state index contributed by atoms with van der Waals surface area (Å²) in [5.74, 6) is 1.86. The lowest BCUT2D eigenvalue weighted by molar-refractivity contribution is -0.120. The number of ketones is 1. The number of nitrogens with one attached hydrogen (secondary N) is 1. The molecule has 9 nitrogen and oxygen atoms in total. The molecule has 1 saturated heterocycles. The first-order chi connectivity index (χ1) is 18.6. The van der Waals surface area contributed by atoms with Gasteiger partial charge in [-0.05, 0) is 48.4 Å². The molecule has 1 N–H and O–H groups in total. The number of pyridine rings is 1. The van der Waals surface area contributed by atoms with Crippen LogP contribution in [0.15, 0.2) is 55.0 Å². The second kappa shape index (κ2) is 13.0. The molecule has 2 aromatic heterocycles. The van der Waals surface area contributed by atoms with Gasteiger partial charge in [0.1, 0.15) is 17.4 Å². The van der Waals surface area contributed by atoms with Crippen LogP contribution in [0.4, 0.5) is 11.5 Å². The standard InChI is InChI=1S/C29H37N7O2/c1-38-15-14-34-9-3-6-27(37)21-36-12-10-35(11-13-36)20-23-4-2-5-26(16-23)33-28-17-24(7-8-30-28)25-18-31-29(22-34)32-19-25/h2,4-5,7-8,16-19H,3,6,9-15,20-22H2,1H3,(H,30,33). The monoisotopic (exact) mass is 515 g/mol. The Hall–Kier alpha value is -3.24. The molecule has 5 aliphatic heterocycles. The SMILES string of the molecule is COCCN1CCCC(=O)CN2CCN(CC2)Cc2cccc(c2)Nc2cc(ccn2)-c2cnc(nc2)C1. The summed E-state index contributed by atoms with van der Waals surface area (Å²) in [4.78, 5) is 33.6. The van der Waals surface area contributed by atoms with Crippen molar-refractivity contribution in [2.45, 2.75) is 25.9 Å². The number of hydrogen-bond acceptors (Lipinski definition) is 9. The molecule has 0 amide bonds. The average Bonchev–Trinajstić information content (AvgIpc) is 2.93. The van der Waals surface area contributed by atoms with Gasteiger partial charge in [-0.15, -0.1) is 0 Å². The summed E-state index contributed by atoms with van der Waals surface area (Å²) < 4.78 is 5.31. The second-order valence-corrected chi connectivity index (χ2v) is 10.1. The zero-order valence-electron chi connectivity index (χ0n) is 22.2. The third-order valence-electron chi connectivity index (χ3n) is 7.18. The van der Waals surface area contributed by atoms with Gasteiger partial charge in [0, 0.05) is 82.6 Å². The van der Waals surface area contributed by atoms with E-state index in [1.807, 2.05) is 30.7 Å². The number of benzene rings is 1. The number of anilines is 2. The largest absolute Gasteiger partial charge is 0.383 e. The predicted molar refractivity (Wildman–Crippen MR) is 148 cm³/mol. The van der Waals surface area contributed by atoms with Crippen LogP contribution < -0.4 is 5.32 Å². The van der Waals surface area contributed by atoms with Crippen LogP contribution >= 0.6 is 0 Å². The van der Waals surface area contributed by atoms with E-state index in [0.717, 1.165) is 80.7 Å². The van der Waals surface area contributed by atoms with Crippen molar-refractivity contribution in [1.29, 1.82) is 0 Å². The molecule has 7 heterocycles. The van der Waals surface area contributed by atoms with E-state index in [4.69, 9.17) is 4.74 Å². The molecule has 1 aromatic carbocycles. The summed E-state index contributed by atoms with van der Waals surface area (Å²) in [5.41, 5.74) is 4.23. The van der Waals surface area contributed by atoms with Crippen molar-refractivity contribution in [2.75, 3.05) is 64.8 Å². The first-order valence-electron chi connectivity index (χ1n) is 13.5. The molecule has 0 spiro atoms. The van der Waals surface area contributed by atoms with Gasteiger partial charge in [0.15, 0.2) is 0 Å². The Balaban J connectivity index is 1.37. The summed E-state index contributed by atoms with van der Waals surface area (Å²) in [7, 11) is 1.71. The van der Waals surface area contributed by atoms with E-state index >= 15 is 0 Å². The highest BCUT2D eigenvalue weighted by Gasteiger charge is 2.19. The highest BCUT2D eigenvalue weighted by atomic mass is 16.5. The number of carbonyl (C=O) groups is 1.